The Hall–Kier alpha value is -3.76. The number of benzene rings is 1. The number of hydrogen-bond donors (Lipinski definition) is 3. The molecule has 3 N–H and O–H groups in total. The van der Waals surface area contributed by atoms with Crippen LogP contribution in [-0.2, 0) is 24.0 Å². The quantitative estimate of drug-likeness (QED) is 0.478. The second-order valence-corrected chi connectivity index (χ2v) is 7.64. The van der Waals surface area contributed by atoms with Gasteiger partial charge in [0.2, 0.25) is 11.8 Å². The van der Waals surface area contributed by atoms with Gasteiger partial charge in [-0.2, -0.15) is 0 Å². The Bertz CT molecular complexity index is 920. The monoisotopic (exact) mass is 444 g/mol. The van der Waals surface area contributed by atoms with E-state index in [9.17, 15) is 28.8 Å². The molecule has 11 heteroatoms. The van der Waals surface area contributed by atoms with E-state index in [1.807, 2.05) is 0 Å². The van der Waals surface area contributed by atoms with Gasteiger partial charge < -0.3 is 20.5 Å². The molecule has 32 heavy (non-hydrogen) atoms. The number of carboxylic acid groups (broad SMARTS) is 1. The first kappa shape index (κ1) is 22.9. The predicted molar refractivity (Wildman–Crippen MR) is 109 cm³/mol. The normalized spacial score (nSPS) is 21.8. The molecular weight excluding hydrogens is 420 g/mol. The summed E-state index contributed by atoms with van der Waals surface area (Å²) in [6, 6.07) is 4.90. The van der Waals surface area contributed by atoms with E-state index in [1.165, 1.54) is 5.01 Å². The fourth-order valence-corrected chi connectivity index (χ4v) is 3.84. The number of aliphatic carboxylic acids is 1. The van der Waals surface area contributed by atoms with Gasteiger partial charge in [0, 0.05) is 18.5 Å². The van der Waals surface area contributed by atoms with Crippen molar-refractivity contribution in [1.82, 2.24) is 20.7 Å². The van der Waals surface area contributed by atoms with Crippen LogP contribution in [0.4, 0.5) is 0 Å². The third kappa shape index (κ3) is 5.10. The van der Waals surface area contributed by atoms with Gasteiger partial charge in [0.1, 0.15) is 18.4 Å². The number of carbonyl (C=O) groups excluding carboxylic acids is 5. The highest BCUT2D eigenvalue weighted by Crippen LogP contribution is 2.25. The molecule has 2 aliphatic heterocycles. The van der Waals surface area contributed by atoms with Crippen LogP contribution < -0.4 is 10.6 Å². The molecule has 0 radical (unpaired) electrons. The van der Waals surface area contributed by atoms with Gasteiger partial charge in [-0.15, -0.1) is 0 Å². The number of rotatable bonds is 7. The molecule has 0 aliphatic carbocycles. The molecular formula is C21H24N4O7. The van der Waals surface area contributed by atoms with Crippen molar-refractivity contribution in [3.8, 4) is 0 Å². The van der Waals surface area contributed by atoms with Crippen LogP contribution in [0.15, 0.2) is 30.3 Å². The van der Waals surface area contributed by atoms with Gasteiger partial charge in [-0.3, -0.25) is 29.0 Å². The van der Waals surface area contributed by atoms with Gasteiger partial charge in [-0.25, -0.2) is 5.01 Å². The Morgan fingerprint density at radius 2 is 1.88 bits per heavy atom. The van der Waals surface area contributed by atoms with Crippen molar-refractivity contribution < 1.29 is 33.9 Å². The zero-order valence-corrected chi connectivity index (χ0v) is 17.2. The summed E-state index contributed by atoms with van der Waals surface area (Å²) in [5.41, 5.74) is 0.350. The lowest BCUT2D eigenvalue weighted by atomic mass is 10.0. The number of nitrogens with zero attached hydrogens (tertiary/aromatic N) is 2. The second-order valence-electron chi connectivity index (χ2n) is 7.64. The van der Waals surface area contributed by atoms with E-state index in [-0.39, 0.29) is 31.7 Å². The van der Waals surface area contributed by atoms with Crippen LogP contribution in [-0.4, -0.2) is 75.7 Å². The first-order valence-electron chi connectivity index (χ1n) is 10.3. The van der Waals surface area contributed by atoms with Crippen molar-refractivity contribution in [2.75, 3.05) is 6.54 Å². The maximum absolute atomic E-state index is 13.3. The van der Waals surface area contributed by atoms with Crippen LogP contribution in [0.3, 0.4) is 0 Å². The molecule has 2 saturated heterocycles. The van der Waals surface area contributed by atoms with Gasteiger partial charge >= 0.3 is 5.97 Å². The van der Waals surface area contributed by atoms with Crippen molar-refractivity contribution in [2.45, 2.75) is 50.2 Å². The lowest BCUT2D eigenvalue weighted by Gasteiger charge is -2.43. The number of carbonyl (C=O) groups is 6. The Balaban J connectivity index is 1.81. The molecule has 11 nitrogen and oxygen atoms in total. The average molecular weight is 444 g/mol. The van der Waals surface area contributed by atoms with Gasteiger partial charge in [-0.05, 0) is 31.4 Å². The number of amides is 4. The molecule has 3 rings (SSSR count). The molecule has 1 aromatic rings. The lowest BCUT2D eigenvalue weighted by Crippen LogP contribution is -2.64. The zero-order valence-electron chi connectivity index (χ0n) is 17.2. The summed E-state index contributed by atoms with van der Waals surface area (Å²) in [5, 5.41) is 16.1. The summed E-state index contributed by atoms with van der Waals surface area (Å²) in [5.74, 6) is -3.45. The van der Waals surface area contributed by atoms with Crippen molar-refractivity contribution >= 4 is 35.9 Å². The molecule has 2 unspecified atom stereocenters. The minimum absolute atomic E-state index is 0.00624. The largest absolute Gasteiger partial charge is 0.481 e. The fraction of sp³-hybridized carbons (Fsp3) is 0.429. The minimum atomic E-state index is -1.27. The summed E-state index contributed by atoms with van der Waals surface area (Å²) in [4.78, 5) is 73.4. The van der Waals surface area contributed by atoms with Crippen LogP contribution >= 0.6 is 0 Å². The summed E-state index contributed by atoms with van der Waals surface area (Å²) in [6.45, 7) is 0.236. The number of carboxylic acids is 1. The number of hydrazine groups is 1. The molecule has 3 atom stereocenters. The lowest BCUT2D eigenvalue weighted by molar-refractivity contribution is -0.176. The average Bonchev–Trinajstić information content (AvgIpc) is 2.90. The smallest absolute Gasteiger partial charge is 0.305 e. The van der Waals surface area contributed by atoms with Crippen LogP contribution in [0.2, 0.25) is 0 Å². The highest BCUT2D eigenvalue weighted by molar-refractivity contribution is 5.99. The molecule has 170 valence electrons. The Morgan fingerprint density at radius 1 is 1.16 bits per heavy atom. The van der Waals surface area contributed by atoms with Crippen LogP contribution in [0.5, 0.6) is 0 Å². The van der Waals surface area contributed by atoms with Crippen molar-refractivity contribution in [1.29, 1.82) is 0 Å². The van der Waals surface area contributed by atoms with Gasteiger partial charge in [0.05, 0.1) is 12.5 Å². The van der Waals surface area contributed by atoms with E-state index < -0.39 is 48.2 Å². The molecule has 2 aliphatic rings. The van der Waals surface area contributed by atoms with Gasteiger partial charge in [0.25, 0.3) is 11.8 Å². The Kier molecular flexibility index (Phi) is 7.18. The van der Waals surface area contributed by atoms with Gasteiger partial charge in [0.15, 0.2) is 0 Å². The van der Waals surface area contributed by atoms with Gasteiger partial charge in [-0.1, -0.05) is 18.2 Å². The van der Waals surface area contributed by atoms with E-state index in [2.05, 4.69) is 10.6 Å². The fourth-order valence-electron chi connectivity index (χ4n) is 3.84. The molecule has 2 fully saturated rings. The summed E-state index contributed by atoms with van der Waals surface area (Å²) < 4.78 is 0. The van der Waals surface area contributed by atoms with E-state index in [0.29, 0.717) is 18.3 Å². The van der Waals surface area contributed by atoms with Crippen molar-refractivity contribution in [3.63, 3.8) is 0 Å². The maximum Gasteiger partial charge on any atom is 0.305 e. The minimum Gasteiger partial charge on any atom is -0.481 e. The highest BCUT2D eigenvalue weighted by atomic mass is 16.4. The summed E-state index contributed by atoms with van der Waals surface area (Å²) >= 11 is 0. The van der Waals surface area contributed by atoms with Crippen LogP contribution in [0.25, 0.3) is 0 Å². The number of nitrogens with one attached hydrogen (secondary N) is 2. The van der Waals surface area contributed by atoms with E-state index in [0.717, 1.165) is 5.01 Å². The first-order chi connectivity index (χ1) is 15.3. The SMILES string of the molecule is O=CC(CC(=O)O)NC(=O)[C@@H]1CCCN2C(=O)CCC(NC(=O)c3ccccc3)C(=O)N12. The second kappa shape index (κ2) is 10.0. The first-order valence-corrected chi connectivity index (χ1v) is 10.3. The summed E-state index contributed by atoms with van der Waals surface area (Å²) in [7, 11) is 0. The number of hydrogen-bond acceptors (Lipinski definition) is 6. The van der Waals surface area contributed by atoms with Crippen molar-refractivity contribution in [2.24, 2.45) is 0 Å². The van der Waals surface area contributed by atoms with E-state index in [1.54, 1.807) is 30.3 Å². The standard InChI is InChI=1S/C21H24N4O7/c26-12-14(11-18(28)29)22-20(31)16-7-4-10-24-17(27)9-8-15(21(32)25(16)24)23-19(30)13-5-2-1-3-6-13/h1-3,5-6,12,14-16H,4,7-11H2,(H,22,31)(H,23,30)(H,28,29)/t14?,15?,16-/m0/s1. The highest BCUT2D eigenvalue weighted by Gasteiger charge is 2.44. The maximum atomic E-state index is 13.3. The molecule has 0 saturated carbocycles. The molecule has 4 amide bonds. The Labute approximate surface area is 183 Å². The van der Waals surface area contributed by atoms with E-state index in [4.69, 9.17) is 5.11 Å². The topological polar surface area (TPSA) is 153 Å². The third-order valence-electron chi connectivity index (χ3n) is 5.39. The molecule has 1 aromatic carbocycles. The summed E-state index contributed by atoms with van der Waals surface area (Å²) in [6.07, 6.45) is 0.456. The molecule has 0 spiro atoms. The number of aldehydes is 1. The molecule has 2 heterocycles. The Morgan fingerprint density at radius 3 is 2.53 bits per heavy atom. The zero-order chi connectivity index (χ0) is 23.3. The third-order valence-corrected chi connectivity index (χ3v) is 5.39. The van der Waals surface area contributed by atoms with Crippen LogP contribution in [0, 0.1) is 0 Å². The molecule has 0 aromatic heterocycles. The van der Waals surface area contributed by atoms with E-state index >= 15 is 0 Å². The predicted octanol–water partition coefficient (Wildman–Crippen LogP) is -0.528. The van der Waals surface area contributed by atoms with Crippen molar-refractivity contribution in [3.05, 3.63) is 35.9 Å². The molecule has 0 bridgehead atoms. The van der Waals surface area contributed by atoms with Crippen LogP contribution in [0.1, 0.15) is 42.5 Å². The number of fused-ring (bicyclic) bond motifs is 1.